The van der Waals surface area contributed by atoms with E-state index in [1.54, 1.807) is 4.90 Å². The zero-order chi connectivity index (χ0) is 22.3. The Morgan fingerprint density at radius 2 is 1.97 bits per heavy atom. The van der Waals surface area contributed by atoms with Crippen LogP contribution >= 0.6 is 0 Å². The van der Waals surface area contributed by atoms with E-state index < -0.39 is 6.10 Å². The van der Waals surface area contributed by atoms with E-state index in [0.717, 1.165) is 43.6 Å². The predicted molar refractivity (Wildman–Crippen MR) is 112 cm³/mol. The third kappa shape index (κ3) is 3.69. The smallest absolute Gasteiger partial charge is 0.333 e. The van der Waals surface area contributed by atoms with Crippen molar-refractivity contribution >= 4 is 11.9 Å². The molecule has 0 bridgehead atoms. The summed E-state index contributed by atoms with van der Waals surface area (Å²) in [5.41, 5.74) is 1.89. The first-order valence-electron chi connectivity index (χ1n) is 10.9. The predicted octanol–water partition coefficient (Wildman–Crippen LogP) is 0.839. The van der Waals surface area contributed by atoms with E-state index in [-0.39, 0.29) is 29.9 Å². The maximum absolute atomic E-state index is 13.3. The maximum atomic E-state index is 13.3. The number of β-amino-alcohol motifs (C(OH)–C–C–N with tert-alkyl or cyclic N) is 1. The number of tetrazole rings is 1. The van der Waals surface area contributed by atoms with Crippen LogP contribution < -0.4 is 0 Å². The number of piperidine rings is 1. The number of aliphatic hydroxyl groups excluding tert-OH is 1. The van der Waals surface area contributed by atoms with Crippen LogP contribution in [-0.2, 0) is 14.3 Å². The van der Waals surface area contributed by atoms with Gasteiger partial charge in [-0.2, -0.15) is 0 Å². The summed E-state index contributed by atoms with van der Waals surface area (Å²) in [7, 11) is 0. The van der Waals surface area contributed by atoms with Crippen LogP contribution in [0.5, 0.6) is 0 Å². The molecule has 2 fully saturated rings. The normalized spacial score (nSPS) is 24.1. The Kier molecular flexibility index (Phi) is 5.26. The first-order chi connectivity index (χ1) is 15.4. The number of amides is 1. The Balaban J connectivity index is 1.19. The van der Waals surface area contributed by atoms with Gasteiger partial charge < -0.3 is 19.6 Å². The van der Waals surface area contributed by atoms with Gasteiger partial charge in [-0.1, -0.05) is 12.1 Å². The molecular formula is C22H26N6O4. The van der Waals surface area contributed by atoms with E-state index in [2.05, 4.69) is 20.3 Å². The number of carbonyl (C=O) groups excluding carboxylic acids is 2. The topological polar surface area (TPSA) is 114 Å². The number of carbonyl (C=O) groups is 2. The fourth-order valence-electron chi connectivity index (χ4n) is 5.16. The Morgan fingerprint density at radius 1 is 1.22 bits per heavy atom. The molecular weight excluding hydrogens is 412 g/mol. The van der Waals surface area contributed by atoms with Crippen molar-refractivity contribution in [3.63, 3.8) is 0 Å². The third-order valence-electron chi connectivity index (χ3n) is 6.86. The molecule has 168 valence electrons. The van der Waals surface area contributed by atoms with E-state index in [9.17, 15) is 14.7 Å². The number of cyclic esters (lactones) is 1. The molecule has 2 unspecified atom stereocenters. The summed E-state index contributed by atoms with van der Waals surface area (Å²) < 4.78 is 5.01. The molecule has 1 spiro atoms. The Morgan fingerprint density at radius 3 is 2.59 bits per heavy atom. The number of hydrogen-bond acceptors (Lipinski definition) is 8. The van der Waals surface area contributed by atoms with Gasteiger partial charge in [-0.3, -0.25) is 4.79 Å². The Labute approximate surface area is 185 Å². The van der Waals surface area contributed by atoms with Gasteiger partial charge in [0.15, 0.2) is 6.33 Å². The van der Waals surface area contributed by atoms with Crippen LogP contribution in [0.3, 0.4) is 0 Å². The minimum absolute atomic E-state index is 0.0541. The van der Waals surface area contributed by atoms with Crippen LogP contribution in [0.25, 0.3) is 5.69 Å². The van der Waals surface area contributed by atoms with Crippen molar-refractivity contribution in [1.29, 1.82) is 0 Å². The van der Waals surface area contributed by atoms with Crippen molar-refractivity contribution in [1.82, 2.24) is 30.0 Å². The molecule has 2 aromatic rings. The molecule has 1 N–H and O–H groups in total. The lowest BCUT2D eigenvalue weighted by Crippen LogP contribution is -2.45. The lowest BCUT2D eigenvalue weighted by Gasteiger charge is -2.38. The van der Waals surface area contributed by atoms with Gasteiger partial charge in [-0.25, -0.2) is 4.79 Å². The molecule has 0 aliphatic carbocycles. The van der Waals surface area contributed by atoms with Gasteiger partial charge >= 0.3 is 5.97 Å². The number of ether oxygens (including phenoxy) is 1. The zero-order valence-electron chi connectivity index (χ0n) is 17.9. The molecule has 2 atom stereocenters. The molecule has 4 heterocycles. The average Bonchev–Trinajstić information content (AvgIpc) is 3.52. The number of hydrogen-bond donors (Lipinski definition) is 1. The summed E-state index contributed by atoms with van der Waals surface area (Å²) in [6, 6.07) is 7.50. The molecule has 5 rings (SSSR count). The first-order valence-corrected chi connectivity index (χ1v) is 10.9. The Hall–Kier alpha value is -3.11. The van der Waals surface area contributed by atoms with Gasteiger partial charge in [0.2, 0.25) is 5.91 Å². The largest absolute Gasteiger partial charge is 0.456 e. The summed E-state index contributed by atoms with van der Waals surface area (Å²) in [5.74, 6) is -0.276. The van der Waals surface area contributed by atoms with Crippen molar-refractivity contribution in [2.24, 2.45) is 5.41 Å². The van der Waals surface area contributed by atoms with E-state index >= 15 is 0 Å². The van der Waals surface area contributed by atoms with Crippen LogP contribution in [-0.4, -0.2) is 79.3 Å². The molecule has 1 amide bonds. The SMILES string of the molecule is CC1CC2(CCN(CC(O)c3ccc(-n4ncnn4)cc3)CC2)C(=O)N1C1=CC(=O)OC1. The number of aliphatic hydroxyl groups is 1. The molecule has 1 aromatic carbocycles. The third-order valence-corrected chi connectivity index (χ3v) is 6.86. The second kappa shape index (κ2) is 8.10. The highest BCUT2D eigenvalue weighted by atomic mass is 16.5. The second-order valence-corrected chi connectivity index (χ2v) is 8.89. The van der Waals surface area contributed by atoms with Crippen molar-refractivity contribution in [2.45, 2.75) is 38.3 Å². The lowest BCUT2D eigenvalue weighted by atomic mass is 9.76. The monoisotopic (exact) mass is 438 g/mol. The molecule has 1 aromatic heterocycles. The second-order valence-electron chi connectivity index (χ2n) is 8.89. The van der Waals surface area contributed by atoms with Crippen molar-refractivity contribution in [2.75, 3.05) is 26.2 Å². The van der Waals surface area contributed by atoms with E-state index in [0.29, 0.717) is 12.2 Å². The minimum Gasteiger partial charge on any atom is -0.456 e. The average molecular weight is 438 g/mol. The lowest BCUT2D eigenvalue weighted by molar-refractivity contribution is -0.139. The van der Waals surface area contributed by atoms with Gasteiger partial charge in [-0.05, 0) is 62.2 Å². The summed E-state index contributed by atoms with van der Waals surface area (Å²) in [6.07, 6.45) is 4.47. The summed E-state index contributed by atoms with van der Waals surface area (Å²) in [5, 5.41) is 22.3. The van der Waals surface area contributed by atoms with Gasteiger partial charge in [0, 0.05) is 18.7 Å². The number of likely N-dealkylation sites (tertiary alicyclic amines) is 2. The highest BCUT2D eigenvalue weighted by molar-refractivity contribution is 5.91. The van der Waals surface area contributed by atoms with E-state index in [4.69, 9.17) is 4.74 Å². The van der Waals surface area contributed by atoms with Gasteiger partial charge in [0.25, 0.3) is 0 Å². The van der Waals surface area contributed by atoms with E-state index in [1.165, 1.54) is 17.2 Å². The number of esters is 1. The van der Waals surface area contributed by atoms with Crippen LogP contribution in [0.15, 0.2) is 42.4 Å². The fraction of sp³-hybridized carbons (Fsp3) is 0.500. The highest BCUT2D eigenvalue weighted by Crippen LogP contribution is 2.46. The molecule has 32 heavy (non-hydrogen) atoms. The molecule has 3 aliphatic rings. The minimum atomic E-state index is -0.622. The maximum Gasteiger partial charge on any atom is 0.333 e. The Bertz CT molecular complexity index is 1030. The first kappa shape index (κ1) is 20.8. The summed E-state index contributed by atoms with van der Waals surface area (Å²) in [6.45, 7) is 4.22. The molecule has 2 saturated heterocycles. The van der Waals surface area contributed by atoms with Crippen molar-refractivity contribution in [3.8, 4) is 5.69 Å². The van der Waals surface area contributed by atoms with Gasteiger partial charge in [-0.15, -0.1) is 15.0 Å². The number of benzene rings is 1. The fourth-order valence-corrected chi connectivity index (χ4v) is 5.16. The standard InChI is InChI=1S/C22H26N6O4/c1-15-11-22(21(31)27(15)18-10-20(30)32-13-18)6-8-26(9-7-22)12-19(29)16-2-4-17(5-3-16)28-24-14-23-25-28/h2-5,10,14-15,19,29H,6-9,11-13H2,1H3. The number of rotatable bonds is 5. The molecule has 0 saturated carbocycles. The quantitative estimate of drug-likeness (QED) is 0.683. The van der Waals surface area contributed by atoms with Crippen molar-refractivity contribution in [3.05, 3.63) is 47.9 Å². The number of aromatic nitrogens is 4. The van der Waals surface area contributed by atoms with Gasteiger partial charge in [0.05, 0.1) is 22.9 Å². The number of nitrogens with zero attached hydrogens (tertiary/aromatic N) is 6. The zero-order valence-corrected chi connectivity index (χ0v) is 17.9. The molecule has 10 nitrogen and oxygen atoms in total. The van der Waals surface area contributed by atoms with Crippen LogP contribution in [0, 0.1) is 5.41 Å². The van der Waals surface area contributed by atoms with Crippen LogP contribution in [0.2, 0.25) is 0 Å². The van der Waals surface area contributed by atoms with Crippen LogP contribution in [0.1, 0.15) is 37.9 Å². The van der Waals surface area contributed by atoms with E-state index in [1.807, 2.05) is 31.2 Å². The highest BCUT2D eigenvalue weighted by Gasteiger charge is 2.52. The summed E-state index contributed by atoms with van der Waals surface area (Å²) in [4.78, 5) is 30.2. The van der Waals surface area contributed by atoms with Gasteiger partial charge in [0.1, 0.15) is 6.61 Å². The molecule has 0 radical (unpaired) electrons. The molecule has 10 heteroatoms. The molecule has 3 aliphatic heterocycles. The summed E-state index contributed by atoms with van der Waals surface area (Å²) >= 11 is 0. The van der Waals surface area contributed by atoms with Crippen molar-refractivity contribution < 1.29 is 19.4 Å². The van der Waals surface area contributed by atoms with Crippen LogP contribution in [0.4, 0.5) is 0 Å².